The number of alkyl halides is 3. The molecule has 1 aromatic rings. The van der Waals surface area contributed by atoms with Crippen LogP contribution in [0.1, 0.15) is 13.8 Å². The van der Waals surface area contributed by atoms with Gasteiger partial charge in [-0.1, -0.05) is 0 Å². The lowest BCUT2D eigenvalue weighted by atomic mass is 10.2. The van der Waals surface area contributed by atoms with Crippen molar-refractivity contribution in [2.24, 2.45) is 5.73 Å². The van der Waals surface area contributed by atoms with E-state index in [1.54, 1.807) is 12.1 Å². The Balaban J connectivity index is 2.78. The van der Waals surface area contributed by atoms with Crippen molar-refractivity contribution < 1.29 is 18.0 Å². The predicted molar refractivity (Wildman–Crippen MR) is 70.1 cm³/mol. The Morgan fingerprint density at radius 2 is 1.84 bits per heavy atom. The van der Waals surface area contributed by atoms with Crippen molar-refractivity contribution in [1.29, 1.82) is 0 Å². The molecule has 7 heteroatoms. The number of rotatable bonds is 4. The Morgan fingerprint density at radius 3 is 2.21 bits per heavy atom. The van der Waals surface area contributed by atoms with Crippen molar-refractivity contribution in [3.05, 3.63) is 24.3 Å². The van der Waals surface area contributed by atoms with E-state index < -0.39 is 17.5 Å². The van der Waals surface area contributed by atoms with E-state index in [1.807, 2.05) is 0 Å². The van der Waals surface area contributed by atoms with Crippen LogP contribution in [-0.4, -0.2) is 23.4 Å². The van der Waals surface area contributed by atoms with Gasteiger partial charge in [-0.3, -0.25) is 4.79 Å². The van der Waals surface area contributed by atoms with Gasteiger partial charge in [0.05, 0.1) is 0 Å². The molecule has 0 saturated carbocycles. The number of halogens is 3. The Bertz CT molecular complexity index is 432. The zero-order valence-electron chi connectivity index (χ0n) is 10.5. The molecule has 2 atom stereocenters. The molecule has 0 aliphatic carbocycles. The fraction of sp³-hybridized carbons (Fsp3) is 0.417. The highest BCUT2D eigenvalue weighted by molar-refractivity contribution is 8.00. The summed E-state index contributed by atoms with van der Waals surface area (Å²) in [5.41, 5.74) is 5.91. The van der Waals surface area contributed by atoms with E-state index in [-0.39, 0.29) is 5.91 Å². The lowest BCUT2D eigenvalue weighted by Gasteiger charge is -2.23. The molecule has 0 aliphatic rings. The normalized spacial score (nSPS) is 14.8. The van der Waals surface area contributed by atoms with Crippen molar-refractivity contribution in [3.63, 3.8) is 0 Å². The van der Waals surface area contributed by atoms with Crippen LogP contribution in [0.25, 0.3) is 0 Å². The molecule has 0 bridgehead atoms. The fourth-order valence-electron chi connectivity index (χ4n) is 1.44. The Hall–Kier alpha value is -1.21. The number of thioether (sulfide) groups is 1. The van der Waals surface area contributed by atoms with E-state index in [2.05, 4.69) is 5.32 Å². The van der Waals surface area contributed by atoms with Gasteiger partial charge in [-0.2, -0.15) is 13.2 Å². The first-order chi connectivity index (χ1) is 8.70. The third-order valence-electron chi connectivity index (χ3n) is 2.24. The molecule has 1 rings (SSSR count). The van der Waals surface area contributed by atoms with Crippen molar-refractivity contribution in [3.8, 4) is 0 Å². The van der Waals surface area contributed by atoms with Crippen LogP contribution in [0.2, 0.25) is 0 Å². The maximum Gasteiger partial charge on any atom is 0.402 e. The second-order valence-electron chi connectivity index (χ2n) is 4.14. The van der Waals surface area contributed by atoms with Crippen LogP contribution in [0.3, 0.4) is 0 Å². The van der Waals surface area contributed by atoms with Crippen molar-refractivity contribution in [2.75, 3.05) is 5.32 Å². The van der Waals surface area contributed by atoms with Crippen LogP contribution in [0.5, 0.6) is 0 Å². The monoisotopic (exact) mass is 292 g/mol. The van der Waals surface area contributed by atoms with Crippen LogP contribution < -0.4 is 11.1 Å². The molecule has 0 aromatic heterocycles. The summed E-state index contributed by atoms with van der Waals surface area (Å²) < 4.78 is 38.2. The lowest BCUT2D eigenvalue weighted by molar-refractivity contribution is -0.131. The van der Waals surface area contributed by atoms with Gasteiger partial charge in [-0.25, -0.2) is 0 Å². The zero-order valence-corrected chi connectivity index (χ0v) is 11.3. The van der Waals surface area contributed by atoms with Gasteiger partial charge in [0.25, 0.3) is 0 Å². The smallest absolute Gasteiger partial charge is 0.327 e. The molecule has 3 nitrogen and oxygen atoms in total. The summed E-state index contributed by atoms with van der Waals surface area (Å²) in [6, 6.07) is 5.16. The summed E-state index contributed by atoms with van der Waals surface area (Å²) in [4.78, 5) is 11.3. The topological polar surface area (TPSA) is 55.1 Å². The molecule has 1 aromatic carbocycles. The van der Waals surface area contributed by atoms with Crippen LogP contribution in [0.4, 0.5) is 18.9 Å². The first kappa shape index (κ1) is 15.8. The number of nitrogens with two attached hydrogens (primary N) is 1. The number of nitrogens with one attached hydrogen (secondary N) is 1. The summed E-state index contributed by atoms with van der Waals surface area (Å²) in [7, 11) is 0. The molecule has 0 aliphatic heterocycles. The van der Waals surface area contributed by atoms with Gasteiger partial charge < -0.3 is 11.1 Å². The highest BCUT2D eigenvalue weighted by Gasteiger charge is 2.42. The van der Waals surface area contributed by atoms with E-state index >= 15 is 0 Å². The molecule has 0 fully saturated rings. The van der Waals surface area contributed by atoms with Crippen LogP contribution >= 0.6 is 11.8 Å². The second-order valence-corrected chi connectivity index (χ2v) is 5.36. The standard InChI is InChI=1S/C12H15F3N2OS/c1-7(16)11(12(13,14)15)19-10-5-3-9(4-6-10)17-8(2)18/h3-7,11H,16H2,1-2H3,(H,17,18). The van der Waals surface area contributed by atoms with E-state index in [1.165, 1.54) is 26.0 Å². The van der Waals surface area contributed by atoms with E-state index in [0.717, 1.165) is 0 Å². The van der Waals surface area contributed by atoms with Gasteiger partial charge in [-0.15, -0.1) is 11.8 Å². The molecule has 0 saturated heterocycles. The summed E-state index contributed by atoms with van der Waals surface area (Å²) in [5, 5.41) is 0.890. The van der Waals surface area contributed by atoms with Crippen LogP contribution in [-0.2, 0) is 4.79 Å². The van der Waals surface area contributed by atoms with E-state index in [0.29, 0.717) is 22.3 Å². The third-order valence-corrected chi connectivity index (χ3v) is 3.73. The minimum atomic E-state index is -4.35. The SMILES string of the molecule is CC(=O)Nc1ccc(SC(C(C)N)C(F)(F)F)cc1. The summed E-state index contributed by atoms with van der Waals surface area (Å²) in [6.07, 6.45) is -4.35. The molecule has 106 valence electrons. The van der Waals surface area contributed by atoms with Crippen LogP contribution in [0, 0.1) is 0 Å². The summed E-state index contributed by atoms with van der Waals surface area (Å²) in [5.74, 6) is -0.232. The maximum absolute atomic E-state index is 12.7. The fourth-order valence-corrected chi connectivity index (χ4v) is 2.37. The summed E-state index contributed by atoms with van der Waals surface area (Å²) in [6.45, 7) is 2.69. The predicted octanol–water partition coefficient (Wildman–Crippen LogP) is 3.02. The highest BCUT2D eigenvalue weighted by Crippen LogP contribution is 2.36. The number of hydrogen-bond acceptors (Lipinski definition) is 3. The Morgan fingerprint density at radius 1 is 1.32 bits per heavy atom. The van der Waals surface area contributed by atoms with Gasteiger partial charge in [0.2, 0.25) is 5.91 Å². The second kappa shape index (κ2) is 6.29. The Labute approximate surface area is 113 Å². The van der Waals surface area contributed by atoms with Gasteiger partial charge in [-0.05, 0) is 31.2 Å². The Kier molecular flexibility index (Phi) is 5.25. The maximum atomic E-state index is 12.7. The molecule has 0 heterocycles. The van der Waals surface area contributed by atoms with Gasteiger partial charge in [0.15, 0.2) is 0 Å². The molecule has 2 unspecified atom stereocenters. The van der Waals surface area contributed by atoms with Crippen molar-refractivity contribution in [2.45, 2.75) is 36.2 Å². The lowest BCUT2D eigenvalue weighted by Crippen LogP contribution is -2.40. The average molecular weight is 292 g/mol. The molecular formula is C12H15F3N2OS. The van der Waals surface area contributed by atoms with Crippen molar-refractivity contribution in [1.82, 2.24) is 0 Å². The first-order valence-electron chi connectivity index (χ1n) is 5.56. The molecule has 19 heavy (non-hydrogen) atoms. The third kappa shape index (κ3) is 5.12. The minimum Gasteiger partial charge on any atom is -0.327 e. The summed E-state index contributed by atoms with van der Waals surface area (Å²) >= 11 is 0.669. The number of benzene rings is 1. The molecular weight excluding hydrogens is 277 g/mol. The molecule has 0 radical (unpaired) electrons. The zero-order chi connectivity index (χ0) is 14.6. The van der Waals surface area contributed by atoms with Gasteiger partial charge >= 0.3 is 6.18 Å². The highest BCUT2D eigenvalue weighted by atomic mass is 32.2. The average Bonchev–Trinajstić information content (AvgIpc) is 2.25. The van der Waals surface area contributed by atoms with Crippen LogP contribution in [0.15, 0.2) is 29.2 Å². The molecule has 0 spiro atoms. The largest absolute Gasteiger partial charge is 0.402 e. The molecule has 1 amide bonds. The van der Waals surface area contributed by atoms with E-state index in [4.69, 9.17) is 5.73 Å². The first-order valence-corrected chi connectivity index (χ1v) is 6.44. The number of carbonyl (C=O) groups excluding carboxylic acids is 1. The van der Waals surface area contributed by atoms with E-state index in [9.17, 15) is 18.0 Å². The molecule has 3 N–H and O–H groups in total. The minimum absolute atomic E-state index is 0.232. The number of anilines is 1. The number of hydrogen-bond donors (Lipinski definition) is 2. The van der Waals surface area contributed by atoms with Gasteiger partial charge in [0.1, 0.15) is 5.25 Å². The van der Waals surface area contributed by atoms with Crippen molar-refractivity contribution >= 4 is 23.4 Å². The van der Waals surface area contributed by atoms with Gasteiger partial charge in [0, 0.05) is 23.5 Å². The quantitative estimate of drug-likeness (QED) is 0.839. The number of carbonyl (C=O) groups is 1. The number of amides is 1.